The van der Waals surface area contributed by atoms with Gasteiger partial charge in [0, 0.05) is 19.3 Å². The van der Waals surface area contributed by atoms with E-state index in [-0.39, 0.29) is 5.97 Å². The van der Waals surface area contributed by atoms with Crippen LogP contribution in [0.15, 0.2) is 42.5 Å². The summed E-state index contributed by atoms with van der Waals surface area (Å²) in [5, 5.41) is 3.39. The second kappa shape index (κ2) is 16.9. The molecule has 0 spiro atoms. The molecule has 1 aromatic carbocycles. The van der Waals surface area contributed by atoms with Crippen LogP contribution in [0.25, 0.3) is 0 Å². The fourth-order valence-electron chi connectivity index (χ4n) is 4.63. The fraction of sp³-hybridized carbons (Fsp3) is 0.690. The Labute approximate surface area is 197 Å². The summed E-state index contributed by atoms with van der Waals surface area (Å²) in [7, 11) is 0. The number of carbonyl (C=O) groups excluding carboxylic acids is 1. The molecule has 3 heteroatoms. The molecule has 0 bridgehead atoms. The average Bonchev–Trinajstić information content (AvgIpc) is 2.82. The molecule has 1 saturated heterocycles. The highest BCUT2D eigenvalue weighted by atomic mass is 16.6. The Hall–Kier alpha value is -1.61. The molecular weight excluding hydrogens is 394 g/mol. The van der Waals surface area contributed by atoms with Gasteiger partial charge in [-0.1, -0.05) is 101 Å². The lowest BCUT2D eigenvalue weighted by molar-refractivity contribution is -0.164. The number of hydrogen-bond donors (Lipinski definition) is 1. The van der Waals surface area contributed by atoms with Gasteiger partial charge in [0.15, 0.2) is 0 Å². The summed E-state index contributed by atoms with van der Waals surface area (Å²) in [4.78, 5) is 12.6. The molecule has 1 heterocycles. The Morgan fingerprint density at radius 1 is 0.844 bits per heavy atom. The van der Waals surface area contributed by atoms with Crippen molar-refractivity contribution in [2.45, 2.75) is 115 Å². The number of nitrogens with one attached hydrogen (secondary N) is 1. The minimum absolute atomic E-state index is 0.0339. The van der Waals surface area contributed by atoms with Crippen LogP contribution < -0.4 is 5.32 Å². The molecule has 2 rings (SSSR count). The predicted octanol–water partition coefficient (Wildman–Crippen LogP) is 7.85. The van der Waals surface area contributed by atoms with Gasteiger partial charge in [-0.15, -0.1) is 0 Å². The maximum absolute atomic E-state index is 12.6. The van der Waals surface area contributed by atoms with Crippen LogP contribution in [0.2, 0.25) is 0 Å². The van der Waals surface area contributed by atoms with E-state index >= 15 is 0 Å². The minimum Gasteiger partial charge on any atom is -0.454 e. The minimum atomic E-state index is -0.439. The van der Waals surface area contributed by atoms with E-state index in [1.54, 1.807) is 0 Å². The molecule has 0 aromatic heterocycles. The molecule has 0 atom stereocenters. The first-order chi connectivity index (χ1) is 15.8. The smallest absolute Gasteiger partial charge is 0.306 e. The van der Waals surface area contributed by atoms with Gasteiger partial charge in [-0.25, -0.2) is 0 Å². The van der Waals surface area contributed by atoms with Crippen LogP contribution in [0.5, 0.6) is 0 Å². The normalized spacial score (nSPS) is 15.8. The first-order valence-corrected chi connectivity index (χ1v) is 13.4. The fourth-order valence-corrected chi connectivity index (χ4v) is 4.63. The van der Waals surface area contributed by atoms with Gasteiger partial charge in [-0.3, -0.25) is 4.79 Å². The van der Waals surface area contributed by atoms with Crippen molar-refractivity contribution in [2.75, 3.05) is 13.1 Å². The van der Waals surface area contributed by atoms with Crippen molar-refractivity contribution in [1.29, 1.82) is 0 Å². The lowest BCUT2D eigenvalue weighted by Crippen LogP contribution is -2.43. The van der Waals surface area contributed by atoms with Gasteiger partial charge in [0.05, 0.1) is 0 Å². The van der Waals surface area contributed by atoms with E-state index in [1.165, 1.54) is 70.6 Å². The zero-order valence-electron chi connectivity index (χ0n) is 20.6. The number of carbonyl (C=O) groups is 1. The zero-order chi connectivity index (χ0) is 22.7. The van der Waals surface area contributed by atoms with Crippen LogP contribution >= 0.6 is 0 Å². The van der Waals surface area contributed by atoms with Crippen molar-refractivity contribution in [3.05, 3.63) is 48.0 Å². The second-order valence-corrected chi connectivity index (χ2v) is 9.42. The maximum atomic E-state index is 12.6. The van der Waals surface area contributed by atoms with Gasteiger partial charge in [-0.05, 0) is 50.8 Å². The van der Waals surface area contributed by atoms with Gasteiger partial charge in [0.2, 0.25) is 0 Å². The average molecular weight is 442 g/mol. The largest absolute Gasteiger partial charge is 0.454 e. The Bertz CT molecular complexity index is 619. The van der Waals surface area contributed by atoms with Gasteiger partial charge < -0.3 is 10.1 Å². The molecule has 0 aliphatic carbocycles. The number of unbranched alkanes of at least 4 members (excludes halogenated alkanes) is 11. The predicted molar refractivity (Wildman–Crippen MR) is 136 cm³/mol. The topological polar surface area (TPSA) is 38.3 Å². The summed E-state index contributed by atoms with van der Waals surface area (Å²) in [5.41, 5.74) is 0.699. The van der Waals surface area contributed by atoms with Crippen molar-refractivity contribution in [3.63, 3.8) is 0 Å². The van der Waals surface area contributed by atoms with Crippen LogP contribution in [-0.2, 0) is 15.1 Å². The van der Waals surface area contributed by atoms with Gasteiger partial charge in [0.1, 0.15) is 5.60 Å². The summed E-state index contributed by atoms with van der Waals surface area (Å²) in [6.07, 6.45) is 23.5. The third-order valence-corrected chi connectivity index (χ3v) is 6.66. The highest BCUT2D eigenvalue weighted by Gasteiger charge is 2.37. The Balaban J connectivity index is 1.50. The maximum Gasteiger partial charge on any atom is 0.306 e. The number of piperidine rings is 1. The molecular formula is C29H47NO2. The van der Waals surface area contributed by atoms with Crippen LogP contribution in [-0.4, -0.2) is 19.1 Å². The van der Waals surface area contributed by atoms with E-state index in [2.05, 4.69) is 36.5 Å². The molecule has 0 saturated carbocycles. The number of ether oxygens (including phenoxy) is 1. The standard InChI is InChI=1S/C29H47NO2/c1-2-3-4-5-6-7-8-9-10-11-12-13-14-15-19-22-28(31)32-29(23-25-30-26-24-29)27-20-17-16-18-21-27/h9-10,16-18,20-21,30H,2-8,11-15,19,22-26H2,1H3/b10-9+. The lowest BCUT2D eigenvalue weighted by atomic mass is 9.84. The number of hydrogen-bond acceptors (Lipinski definition) is 3. The number of allylic oxidation sites excluding steroid dienone is 2. The molecule has 1 aromatic rings. The second-order valence-electron chi connectivity index (χ2n) is 9.42. The molecule has 0 amide bonds. The Kier molecular flexibility index (Phi) is 14.1. The van der Waals surface area contributed by atoms with E-state index in [4.69, 9.17) is 4.74 Å². The Morgan fingerprint density at radius 2 is 1.41 bits per heavy atom. The van der Waals surface area contributed by atoms with Gasteiger partial charge in [-0.2, -0.15) is 0 Å². The molecule has 3 nitrogen and oxygen atoms in total. The van der Waals surface area contributed by atoms with Gasteiger partial charge in [0.25, 0.3) is 0 Å². The summed E-state index contributed by atoms with van der Waals surface area (Å²) >= 11 is 0. The monoisotopic (exact) mass is 441 g/mol. The molecule has 1 fully saturated rings. The van der Waals surface area contributed by atoms with E-state index in [9.17, 15) is 4.79 Å². The van der Waals surface area contributed by atoms with Crippen molar-refractivity contribution >= 4 is 5.97 Å². The van der Waals surface area contributed by atoms with Crippen LogP contribution in [0, 0.1) is 0 Å². The summed E-state index contributed by atoms with van der Waals surface area (Å²) in [6.45, 7) is 4.07. The third-order valence-electron chi connectivity index (χ3n) is 6.66. The van der Waals surface area contributed by atoms with Crippen LogP contribution in [0.4, 0.5) is 0 Å². The van der Waals surface area contributed by atoms with Crippen molar-refractivity contribution < 1.29 is 9.53 Å². The van der Waals surface area contributed by atoms with Crippen molar-refractivity contribution in [2.24, 2.45) is 0 Å². The van der Waals surface area contributed by atoms with Crippen molar-refractivity contribution in [1.82, 2.24) is 5.32 Å². The molecule has 0 unspecified atom stereocenters. The Morgan fingerprint density at radius 3 is 2.03 bits per heavy atom. The number of esters is 1. The SMILES string of the molecule is CCCCCCCC/C=C/CCCCCCCC(=O)OC1(c2ccccc2)CCNCC1. The molecule has 0 radical (unpaired) electrons. The van der Waals surface area contributed by atoms with Crippen LogP contribution in [0.1, 0.15) is 115 Å². The quantitative estimate of drug-likeness (QED) is 0.152. The summed E-state index contributed by atoms with van der Waals surface area (Å²) < 4.78 is 6.10. The van der Waals surface area contributed by atoms with E-state index in [1.807, 2.05) is 18.2 Å². The first kappa shape index (κ1) is 26.6. The summed E-state index contributed by atoms with van der Waals surface area (Å²) in [6, 6.07) is 10.3. The van der Waals surface area contributed by atoms with Gasteiger partial charge >= 0.3 is 5.97 Å². The zero-order valence-corrected chi connectivity index (χ0v) is 20.6. The molecule has 1 aliphatic rings. The molecule has 1 N–H and O–H groups in total. The number of rotatable bonds is 17. The number of benzene rings is 1. The summed E-state index contributed by atoms with van der Waals surface area (Å²) in [5.74, 6) is -0.0339. The van der Waals surface area contributed by atoms with Crippen LogP contribution in [0.3, 0.4) is 0 Å². The highest BCUT2D eigenvalue weighted by Crippen LogP contribution is 2.35. The molecule has 180 valence electrons. The van der Waals surface area contributed by atoms with Crippen molar-refractivity contribution in [3.8, 4) is 0 Å². The van der Waals surface area contributed by atoms with E-state index in [0.717, 1.165) is 44.3 Å². The molecule has 32 heavy (non-hydrogen) atoms. The van der Waals surface area contributed by atoms with E-state index in [0.29, 0.717) is 6.42 Å². The lowest BCUT2D eigenvalue weighted by Gasteiger charge is -2.37. The van der Waals surface area contributed by atoms with E-state index < -0.39 is 5.60 Å². The third kappa shape index (κ3) is 10.8. The molecule has 1 aliphatic heterocycles. The first-order valence-electron chi connectivity index (χ1n) is 13.4. The highest BCUT2D eigenvalue weighted by molar-refractivity contribution is 5.70.